The van der Waals surface area contributed by atoms with Crippen molar-refractivity contribution in [2.24, 2.45) is 0 Å². The molecule has 0 amide bonds. The number of nitrogen functional groups attached to an aromatic ring is 1. The molecule has 1 unspecified atom stereocenters. The zero-order valence-electron chi connectivity index (χ0n) is 21.5. The average molecular weight is 661 g/mol. The van der Waals surface area contributed by atoms with Crippen molar-refractivity contribution >= 4 is 57.1 Å². The molecule has 4 aromatic heterocycles. The van der Waals surface area contributed by atoms with E-state index in [0.29, 0.717) is 5.52 Å². The molecule has 43 heavy (non-hydrogen) atoms. The van der Waals surface area contributed by atoms with Gasteiger partial charge in [-0.1, -0.05) is 0 Å². The standard InChI is InChI=1S/C20H22FN10O9PS2/c21-12-14-11(38-19(12)30-6-25-9-2-23-5-24-15(9)30)3-27-43(34,35)40-10-1-8(4-36-41(33,42)39-14)37-18(10)31-7-26-13-16(31)28-20(22)29-17(13)32/h2,5-8,10-12,14,18-19,27H,1,3-4H2,(H,33,42)(H3,22,28,29,32)/t8-,10+,11+,12+,14+,18+,19+,41?/m0/s1. The molecule has 0 aliphatic carbocycles. The second kappa shape index (κ2) is 10.5. The number of nitrogens with two attached hydrogens (primary N) is 1. The first kappa shape index (κ1) is 28.7. The van der Waals surface area contributed by atoms with E-state index in [4.69, 9.17) is 40.2 Å². The molecule has 0 radical (unpaired) electrons. The first-order chi connectivity index (χ1) is 20.5. The third kappa shape index (κ3) is 5.32. The number of halogens is 1. The maximum absolute atomic E-state index is 15.9. The quantitative estimate of drug-likeness (QED) is 0.187. The zero-order chi connectivity index (χ0) is 30.1. The van der Waals surface area contributed by atoms with Crippen molar-refractivity contribution in [1.29, 1.82) is 0 Å². The van der Waals surface area contributed by atoms with Crippen LogP contribution in [-0.2, 0) is 44.8 Å². The van der Waals surface area contributed by atoms with Crippen LogP contribution in [0.5, 0.6) is 0 Å². The lowest BCUT2D eigenvalue weighted by Crippen LogP contribution is -2.42. The number of aromatic amines is 1. The highest BCUT2D eigenvalue weighted by atomic mass is 32.5. The van der Waals surface area contributed by atoms with Crippen LogP contribution in [0.3, 0.4) is 0 Å². The number of ether oxygens (including phenoxy) is 2. The van der Waals surface area contributed by atoms with E-state index < -0.39 is 72.2 Å². The van der Waals surface area contributed by atoms with E-state index in [9.17, 15) is 18.1 Å². The molecule has 0 spiro atoms. The van der Waals surface area contributed by atoms with E-state index in [2.05, 4.69) is 34.6 Å². The van der Waals surface area contributed by atoms with Gasteiger partial charge in [0, 0.05) is 13.0 Å². The zero-order valence-corrected chi connectivity index (χ0v) is 24.1. The van der Waals surface area contributed by atoms with Crippen molar-refractivity contribution in [3.63, 3.8) is 0 Å². The summed E-state index contributed by atoms with van der Waals surface area (Å²) in [6, 6.07) is 0. The minimum atomic E-state index is -4.54. The van der Waals surface area contributed by atoms with Crippen molar-refractivity contribution in [3.05, 3.63) is 35.5 Å². The smallest absolute Gasteiger partial charge is 0.336 e. The highest BCUT2D eigenvalue weighted by molar-refractivity contribution is 8.07. The van der Waals surface area contributed by atoms with Crippen molar-refractivity contribution < 1.29 is 40.4 Å². The van der Waals surface area contributed by atoms with E-state index in [1.807, 2.05) is 0 Å². The minimum Gasteiger partial charge on any atom is -0.369 e. The largest absolute Gasteiger partial charge is 0.369 e. The van der Waals surface area contributed by atoms with Crippen molar-refractivity contribution in [1.82, 2.24) is 43.8 Å². The summed E-state index contributed by atoms with van der Waals surface area (Å²) >= 11 is 5.17. The molecule has 4 aromatic rings. The second-order valence-corrected chi connectivity index (χ2v) is 14.0. The summed E-state index contributed by atoms with van der Waals surface area (Å²) in [6.07, 6.45) is -4.30. The van der Waals surface area contributed by atoms with E-state index in [-0.39, 0.29) is 35.8 Å². The van der Waals surface area contributed by atoms with Gasteiger partial charge in [-0.15, -0.1) is 0 Å². The van der Waals surface area contributed by atoms with Gasteiger partial charge in [-0.2, -0.15) is 18.1 Å². The molecular weight excluding hydrogens is 638 g/mol. The molecular formula is C20H22FN10O9PS2. The number of hydrogen-bond donors (Lipinski definition) is 4. The van der Waals surface area contributed by atoms with E-state index >= 15 is 4.39 Å². The Kier molecular flexibility index (Phi) is 7.04. The van der Waals surface area contributed by atoms with Crippen LogP contribution >= 0.6 is 6.72 Å². The normalized spacial score (nSPS) is 34.9. The van der Waals surface area contributed by atoms with E-state index in [1.54, 1.807) is 0 Å². The van der Waals surface area contributed by atoms with Gasteiger partial charge in [0.05, 0.1) is 31.6 Å². The van der Waals surface area contributed by atoms with Crippen molar-refractivity contribution in [3.8, 4) is 0 Å². The Bertz CT molecular complexity index is 1920. The number of fused-ring (bicyclic) bond motifs is 5. The lowest BCUT2D eigenvalue weighted by atomic mass is 10.1. The number of anilines is 1. The first-order valence-corrected chi connectivity index (χ1v) is 16.6. The van der Waals surface area contributed by atoms with Crippen LogP contribution < -0.4 is 16.0 Å². The molecule has 19 nitrogen and oxygen atoms in total. The van der Waals surface area contributed by atoms with Gasteiger partial charge in [0.25, 0.3) is 5.56 Å². The fourth-order valence-corrected chi connectivity index (χ4v) is 7.60. The van der Waals surface area contributed by atoms with Crippen molar-refractivity contribution in [2.45, 2.75) is 49.5 Å². The Balaban J connectivity index is 1.19. The molecule has 3 aliphatic rings. The van der Waals surface area contributed by atoms with Crippen LogP contribution in [-0.4, -0.2) is 96.1 Å². The number of imidazole rings is 2. The maximum atomic E-state index is 15.9. The molecule has 23 heteroatoms. The van der Waals surface area contributed by atoms with E-state index in [0.717, 1.165) is 0 Å². The molecule has 0 aromatic carbocycles. The molecule has 0 saturated carbocycles. The molecule has 3 saturated heterocycles. The molecule has 8 atom stereocenters. The van der Waals surface area contributed by atoms with Crippen LogP contribution in [0.2, 0.25) is 0 Å². The van der Waals surface area contributed by atoms with Crippen LogP contribution in [0, 0.1) is 0 Å². The number of hydrogen-bond acceptors (Lipinski definition) is 15. The van der Waals surface area contributed by atoms with Crippen molar-refractivity contribution in [2.75, 3.05) is 18.9 Å². The third-order valence-corrected chi connectivity index (χ3v) is 9.62. The fourth-order valence-electron chi connectivity index (χ4n) is 5.21. The third-order valence-electron chi connectivity index (χ3n) is 7.04. The number of alkyl halides is 1. The summed E-state index contributed by atoms with van der Waals surface area (Å²) in [4.78, 5) is 45.7. The first-order valence-electron chi connectivity index (χ1n) is 12.6. The SMILES string of the molecule is Nc1nc2c(ncn2[C@@H]2O[C@@H]3COP(O)(=S)O[C@H]4[C@@H](F)[C@H](n5cnc6cncnc65)O[C@@H]4CNS(=O)(=O)O[C@@H]2C3)c(=O)[nH]1. The van der Waals surface area contributed by atoms with Gasteiger partial charge in [0.15, 0.2) is 35.4 Å². The summed E-state index contributed by atoms with van der Waals surface area (Å²) in [7, 11) is -4.54. The van der Waals surface area contributed by atoms with Crippen LogP contribution in [0.15, 0.2) is 30.0 Å². The number of nitrogens with zero attached hydrogens (tertiary/aromatic N) is 7. The summed E-state index contributed by atoms with van der Waals surface area (Å²) in [5.74, 6) is -0.198. The maximum Gasteiger partial charge on any atom is 0.336 e. The van der Waals surface area contributed by atoms with Crippen LogP contribution in [0.1, 0.15) is 18.9 Å². The van der Waals surface area contributed by atoms with Crippen LogP contribution in [0.25, 0.3) is 22.3 Å². The molecule has 2 bridgehead atoms. The molecule has 7 rings (SSSR count). The molecule has 5 N–H and O–H groups in total. The Morgan fingerprint density at radius 2 is 1.93 bits per heavy atom. The highest BCUT2D eigenvalue weighted by Crippen LogP contribution is 2.50. The fraction of sp³-hybridized carbons (Fsp3) is 0.500. The van der Waals surface area contributed by atoms with E-state index in [1.165, 1.54) is 34.3 Å². The summed E-state index contributed by atoms with van der Waals surface area (Å²) in [5, 5.41) is 0. The Hall–Kier alpha value is -3.05. The number of H-pyrrole nitrogens is 1. The number of aromatic nitrogens is 8. The van der Waals surface area contributed by atoms with Gasteiger partial charge < -0.3 is 24.6 Å². The molecule has 3 fully saturated rings. The predicted molar refractivity (Wildman–Crippen MR) is 144 cm³/mol. The topological polar surface area (TPSA) is 246 Å². The lowest BCUT2D eigenvalue weighted by Gasteiger charge is -2.26. The van der Waals surface area contributed by atoms with Gasteiger partial charge in [-0.05, 0) is 11.8 Å². The predicted octanol–water partition coefficient (Wildman–Crippen LogP) is -1.08. The molecule has 7 heterocycles. The monoisotopic (exact) mass is 660 g/mol. The Morgan fingerprint density at radius 1 is 1.14 bits per heavy atom. The Labute approximate surface area is 245 Å². The highest BCUT2D eigenvalue weighted by Gasteiger charge is 2.51. The summed E-state index contributed by atoms with van der Waals surface area (Å²) < 4.78 is 75.3. The number of rotatable bonds is 2. The summed E-state index contributed by atoms with van der Waals surface area (Å²) in [6.45, 7) is -5.05. The second-order valence-electron chi connectivity index (χ2n) is 9.82. The molecule has 230 valence electrons. The van der Waals surface area contributed by atoms with Gasteiger partial charge in [0.1, 0.15) is 30.2 Å². The van der Waals surface area contributed by atoms with Gasteiger partial charge in [0.2, 0.25) is 5.95 Å². The van der Waals surface area contributed by atoms with Crippen LogP contribution in [0.4, 0.5) is 10.3 Å². The summed E-state index contributed by atoms with van der Waals surface area (Å²) in [5.41, 5.74) is 5.64. The van der Waals surface area contributed by atoms with Gasteiger partial charge in [-0.3, -0.25) is 23.4 Å². The van der Waals surface area contributed by atoms with Gasteiger partial charge in [-0.25, -0.2) is 28.5 Å². The Morgan fingerprint density at radius 3 is 2.77 bits per heavy atom. The minimum absolute atomic E-state index is 0.0167. The average Bonchev–Trinajstić information content (AvgIpc) is 3.71. The van der Waals surface area contributed by atoms with Gasteiger partial charge >= 0.3 is 17.0 Å². The molecule has 3 aliphatic heterocycles. The lowest BCUT2D eigenvalue weighted by molar-refractivity contribution is -0.0454. The number of nitrogens with one attached hydrogen (secondary N) is 2.